The van der Waals surface area contributed by atoms with E-state index in [2.05, 4.69) is 11.1 Å². The molecule has 0 unspecified atom stereocenters. The number of carbonyl (C=O) groups excluding carboxylic acids is 2. The molecular weight excluding hydrogens is 362 g/mol. The number of rotatable bonds is 9. The van der Waals surface area contributed by atoms with Gasteiger partial charge in [-0.15, -0.1) is 0 Å². The number of aromatic nitrogens is 1. The highest BCUT2D eigenvalue weighted by atomic mass is 16.2. The van der Waals surface area contributed by atoms with Crippen molar-refractivity contribution in [3.8, 4) is 0 Å². The lowest BCUT2D eigenvalue weighted by Gasteiger charge is -2.24. The highest BCUT2D eigenvalue weighted by Gasteiger charge is 2.16. The molecule has 152 valence electrons. The van der Waals surface area contributed by atoms with Crippen molar-refractivity contribution in [3.63, 3.8) is 0 Å². The van der Waals surface area contributed by atoms with Gasteiger partial charge in [0, 0.05) is 56.6 Å². The van der Waals surface area contributed by atoms with Crippen LogP contribution in [-0.4, -0.2) is 46.2 Å². The Bertz CT molecular complexity index is 949. The Balaban J connectivity index is 1.55. The van der Waals surface area contributed by atoms with E-state index in [0.717, 1.165) is 17.5 Å². The summed E-state index contributed by atoms with van der Waals surface area (Å²) < 4.78 is 0. The number of nitrogens with one attached hydrogen (secondary N) is 1. The molecule has 0 fully saturated rings. The number of benzene rings is 2. The zero-order valence-corrected chi connectivity index (χ0v) is 17.2. The number of nitrogens with zero attached hydrogens (tertiary/aromatic N) is 2. The molecule has 0 atom stereocenters. The minimum absolute atomic E-state index is 0.00347. The maximum Gasteiger partial charge on any atom is 0.224 e. The van der Waals surface area contributed by atoms with Crippen molar-refractivity contribution in [1.29, 1.82) is 0 Å². The van der Waals surface area contributed by atoms with E-state index in [1.54, 1.807) is 11.8 Å². The van der Waals surface area contributed by atoms with Crippen molar-refractivity contribution in [3.05, 3.63) is 71.9 Å². The maximum absolute atomic E-state index is 12.7. The third kappa shape index (κ3) is 5.47. The Morgan fingerprint density at radius 1 is 0.931 bits per heavy atom. The molecule has 3 aromatic rings. The number of hydrogen-bond donors (Lipinski definition) is 1. The van der Waals surface area contributed by atoms with Crippen LogP contribution in [0.2, 0.25) is 0 Å². The summed E-state index contributed by atoms with van der Waals surface area (Å²) >= 11 is 0. The number of hydrogen-bond acceptors (Lipinski definition) is 2. The summed E-state index contributed by atoms with van der Waals surface area (Å²) in [4.78, 5) is 31.7. The molecule has 3 rings (SSSR count). The molecule has 0 aliphatic rings. The van der Waals surface area contributed by atoms with E-state index in [9.17, 15) is 9.59 Å². The second-order valence-electron chi connectivity index (χ2n) is 7.26. The van der Waals surface area contributed by atoms with Crippen LogP contribution in [0.1, 0.15) is 31.4 Å². The predicted octanol–water partition coefficient (Wildman–Crippen LogP) is 4.00. The van der Waals surface area contributed by atoms with Crippen LogP contribution in [0.15, 0.2) is 60.8 Å². The van der Waals surface area contributed by atoms with E-state index in [1.807, 2.05) is 66.6 Å². The lowest BCUT2D eigenvalue weighted by atomic mass is 10.1. The van der Waals surface area contributed by atoms with Gasteiger partial charge < -0.3 is 14.8 Å². The summed E-state index contributed by atoms with van der Waals surface area (Å²) in [6.45, 7) is 5.87. The van der Waals surface area contributed by atoms with Crippen molar-refractivity contribution in [2.75, 3.05) is 19.6 Å². The molecule has 2 aromatic carbocycles. The highest BCUT2D eigenvalue weighted by Crippen LogP contribution is 2.18. The number of para-hydroxylation sites is 1. The Morgan fingerprint density at radius 2 is 1.66 bits per heavy atom. The van der Waals surface area contributed by atoms with Gasteiger partial charge in [-0.2, -0.15) is 0 Å². The van der Waals surface area contributed by atoms with Crippen LogP contribution in [0.25, 0.3) is 10.9 Å². The molecule has 1 N–H and O–H groups in total. The SMILES string of the molecule is CCN(Cc1ccccc1)C(=O)CCN(CCc1c[nH]c2ccccc12)C(C)=O. The fourth-order valence-electron chi connectivity index (χ4n) is 3.59. The molecule has 5 heteroatoms. The molecular formula is C24H29N3O2. The van der Waals surface area contributed by atoms with Crippen LogP contribution in [0.5, 0.6) is 0 Å². The Labute approximate surface area is 172 Å². The van der Waals surface area contributed by atoms with E-state index in [0.29, 0.717) is 32.6 Å². The number of fused-ring (bicyclic) bond motifs is 1. The van der Waals surface area contributed by atoms with E-state index < -0.39 is 0 Å². The summed E-state index contributed by atoms with van der Waals surface area (Å²) in [7, 11) is 0. The normalized spacial score (nSPS) is 10.8. The van der Waals surface area contributed by atoms with Crippen LogP contribution >= 0.6 is 0 Å². The van der Waals surface area contributed by atoms with Gasteiger partial charge in [0.05, 0.1) is 0 Å². The van der Waals surface area contributed by atoms with E-state index >= 15 is 0 Å². The Hall–Kier alpha value is -3.08. The number of aromatic amines is 1. The molecule has 0 bridgehead atoms. The second-order valence-corrected chi connectivity index (χ2v) is 7.26. The average Bonchev–Trinajstić information content (AvgIpc) is 3.15. The molecule has 5 nitrogen and oxygen atoms in total. The predicted molar refractivity (Wildman–Crippen MR) is 116 cm³/mol. The molecule has 2 amide bonds. The first-order valence-electron chi connectivity index (χ1n) is 10.2. The molecule has 0 aliphatic heterocycles. The standard InChI is InChI=1S/C24H29N3O2/c1-3-26(18-20-9-5-4-6-10-20)24(29)14-16-27(19(2)28)15-13-21-17-25-23-12-8-7-11-22(21)23/h4-12,17,25H,3,13-16,18H2,1-2H3. The van der Waals surface area contributed by atoms with Gasteiger partial charge in [-0.05, 0) is 30.5 Å². The average molecular weight is 392 g/mol. The highest BCUT2D eigenvalue weighted by molar-refractivity contribution is 5.83. The summed E-state index contributed by atoms with van der Waals surface area (Å²) in [6, 6.07) is 18.2. The minimum Gasteiger partial charge on any atom is -0.361 e. The zero-order valence-electron chi connectivity index (χ0n) is 17.2. The maximum atomic E-state index is 12.7. The van der Waals surface area contributed by atoms with Crippen molar-refractivity contribution in [2.24, 2.45) is 0 Å². The first kappa shape index (κ1) is 20.6. The van der Waals surface area contributed by atoms with Gasteiger partial charge in [0.2, 0.25) is 11.8 Å². The van der Waals surface area contributed by atoms with Crippen LogP contribution in [0.3, 0.4) is 0 Å². The lowest BCUT2D eigenvalue weighted by molar-refractivity contribution is -0.133. The van der Waals surface area contributed by atoms with Gasteiger partial charge in [-0.25, -0.2) is 0 Å². The first-order chi connectivity index (χ1) is 14.1. The largest absolute Gasteiger partial charge is 0.361 e. The molecule has 1 aromatic heterocycles. The quantitative estimate of drug-likeness (QED) is 0.599. The Kier molecular flexibility index (Phi) is 7.06. The summed E-state index contributed by atoms with van der Waals surface area (Å²) in [5, 5.41) is 1.19. The lowest BCUT2D eigenvalue weighted by Crippen LogP contribution is -2.37. The summed E-state index contributed by atoms with van der Waals surface area (Å²) in [5.74, 6) is 0.0819. The Morgan fingerprint density at radius 3 is 2.38 bits per heavy atom. The molecule has 0 aliphatic carbocycles. The van der Waals surface area contributed by atoms with E-state index in [1.165, 1.54) is 10.9 Å². The van der Waals surface area contributed by atoms with Gasteiger partial charge in [-0.3, -0.25) is 9.59 Å². The molecule has 29 heavy (non-hydrogen) atoms. The molecule has 0 saturated carbocycles. The van der Waals surface area contributed by atoms with Crippen LogP contribution in [0, 0.1) is 0 Å². The van der Waals surface area contributed by atoms with E-state index in [-0.39, 0.29) is 11.8 Å². The molecule has 0 saturated heterocycles. The van der Waals surface area contributed by atoms with Gasteiger partial charge in [0.1, 0.15) is 0 Å². The third-order valence-electron chi connectivity index (χ3n) is 5.32. The van der Waals surface area contributed by atoms with Gasteiger partial charge in [0.15, 0.2) is 0 Å². The number of carbonyl (C=O) groups is 2. The summed E-state index contributed by atoms with van der Waals surface area (Å²) in [6.07, 6.45) is 3.11. The smallest absolute Gasteiger partial charge is 0.224 e. The molecule has 0 radical (unpaired) electrons. The summed E-state index contributed by atoms with van der Waals surface area (Å²) in [5.41, 5.74) is 3.41. The minimum atomic E-state index is 0.00347. The van der Waals surface area contributed by atoms with Crippen molar-refractivity contribution in [1.82, 2.24) is 14.8 Å². The van der Waals surface area contributed by atoms with Crippen molar-refractivity contribution in [2.45, 2.75) is 33.2 Å². The number of amides is 2. The fraction of sp³-hybridized carbons (Fsp3) is 0.333. The van der Waals surface area contributed by atoms with Gasteiger partial charge in [-0.1, -0.05) is 48.5 Å². The van der Waals surface area contributed by atoms with E-state index in [4.69, 9.17) is 0 Å². The number of H-pyrrole nitrogens is 1. The molecule has 1 heterocycles. The first-order valence-corrected chi connectivity index (χ1v) is 10.2. The zero-order chi connectivity index (χ0) is 20.6. The van der Waals surface area contributed by atoms with Crippen LogP contribution < -0.4 is 0 Å². The van der Waals surface area contributed by atoms with Crippen molar-refractivity contribution >= 4 is 22.7 Å². The third-order valence-corrected chi connectivity index (χ3v) is 5.32. The van der Waals surface area contributed by atoms with Crippen molar-refractivity contribution < 1.29 is 9.59 Å². The molecule has 0 spiro atoms. The topological polar surface area (TPSA) is 56.4 Å². The van der Waals surface area contributed by atoms with Crippen LogP contribution in [-0.2, 0) is 22.6 Å². The fourth-order valence-corrected chi connectivity index (χ4v) is 3.59. The monoisotopic (exact) mass is 391 g/mol. The van der Waals surface area contributed by atoms with Crippen LogP contribution in [0.4, 0.5) is 0 Å². The van der Waals surface area contributed by atoms with Gasteiger partial charge in [0.25, 0.3) is 0 Å². The van der Waals surface area contributed by atoms with Gasteiger partial charge >= 0.3 is 0 Å². The second kappa shape index (κ2) is 9.92.